The third-order valence-electron chi connectivity index (χ3n) is 3.53. The number of hydrogen-bond acceptors (Lipinski definition) is 4. The number of likely N-dealkylation sites (N-methyl/N-ethyl adjacent to an activating group) is 1. The van der Waals surface area contributed by atoms with E-state index in [4.69, 9.17) is 0 Å². The molecule has 6 heteroatoms. The first-order valence-corrected chi connectivity index (χ1v) is 7.12. The predicted octanol–water partition coefficient (Wildman–Crippen LogP) is 1.07. The highest BCUT2D eigenvalue weighted by Crippen LogP contribution is 2.21. The standard InChI is InChI=1S/C14H25N3O3/c1-6-7-10-12(18)15-14(20)17(13(10)19)11(9(2)3)8-16(4)5/h9-11H,6-8H2,1-5H3,(H,15,18,20). The van der Waals surface area contributed by atoms with Gasteiger partial charge in [-0.05, 0) is 26.4 Å². The van der Waals surface area contributed by atoms with E-state index in [1.54, 1.807) is 0 Å². The van der Waals surface area contributed by atoms with Crippen LogP contribution in [0.25, 0.3) is 0 Å². The average Bonchev–Trinajstić information content (AvgIpc) is 2.32. The van der Waals surface area contributed by atoms with Crippen LogP contribution in [0, 0.1) is 11.8 Å². The molecule has 0 bridgehead atoms. The van der Waals surface area contributed by atoms with Crippen LogP contribution in [0.5, 0.6) is 0 Å². The molecule has 1 fully saturated rings. The van der Waals surface area contributed by atoms with Gasteiger partial charge < -0.3 is 4.90 Å². The maximum absolute atomic E-state index is 12.5. The van der Waals surface area contributed by atoms with E-state index in [1.165, 1.54) is 4.90 Å². The molecule has 1 N–H and O–H groups in total. The number of amides is 4. The van der Waals surface area contributed by atoms with Crippen LogP contribution in [0.4, 0.5) is 4.79 Å². The first kappa shape index (κ1) is 16.6. The van der Waals surface area contributed by atoms with E-state index in [-0.39, 0.29) is 17.9 Å². The summed E-state index contributed by atoms with van der Waals surface area (Å²) in [7, 11) is 3.80. The lowest BCUT2D eigenvalue weighted by Gasteiger charge is -2.38. The normalized spacial score (nSPS) is 21.6. The summed E-state index contributed by atoms with van der Waals surface area (Å²) < 4.78 is 0. The molecule has 2 atom stereocenters. The lowest BCUT2D eigenvalue weighted by molar-refractivity contribution is -0.145. The van der Waals surface area contributed by atoms with Gasteiger partial charge in [-0.2, -0.15) is 0 Å². The lowest BCUT2D eigenvalue weighted by Crippen LogP contribution is -2.63. The van der Waals surface area contributed by atoms with Crippen molar-refractivity contribution in [2.24, 2.45) is 11.8 Å². The fourth-order valence-electron chi connectivity index (χ4n) is 2.45. The summed E-state index contributed by atoms with van der Waals surface area (Å²) in [5.74, 6) is -1.43. The number of imide groups is 2. The van der Waals surface area contributed by atoms with Gasteiger partial charge in [0.2, 0.25) is 11.8 Å². The summed E-state index contributed by atoms with van der Waals surface area (Å²) in [4.78, 5) is 39.5. The minimum Gasteiger partial charge on any atom is -0.307 e. The van der Waals surface area contributed by atoms with E-state index in [0.29, 0.717) is 13.0 Å². The highest BCUT2D eigenvalue weighted by Gasteiger charge is 2.43. The first-order chi connectivity index (χ1) is 9.29. The molecule has 0 aromatic rings. The zero-order valence-corrected chi connectivity index (χ0v) is 13.0. The Labute approximate surface area is 120 Å². The maximum atomic E-state index is 12.5. The molecule has 0 aromatic carbocycles. The number of urea groups is 1. The number of hydrogen-bond donors (Lipinski definition) is 1. The van der Waals surface area contributed by atoms with Crippen LogP contribution in [0.15, 0.2) is 0 Å². The lowest BCUT2D eigenvalue weighted by atomic mass is 9.95. The summed E-state index contributed by atoms with van der Waals surface area (Å²) >= 11 is 0. The largest absolute Gasteiger partial charge is 0.331 e. The van der Waals surface area contributed by atoms with Crippen molar-refractivity contribution in [1.29, 1.82) is 0 Å². The van der Waals surface area contributed by atoms with Crippen molar-refractivity contribution in [3.05, 3.63) is 0 Å². The minimum atomic E-state index is -0.735. The Hall–Kier alpha value is -1.43. The van der Waals surface area contributed by atoms with Gasteiger partial charge in [0.05, 0.1) is 6.04 Å². The Morgan fingerprint density at radius 3 is 2.30 bits per heavy atom. The topological polar surface area (TPSA) is 69.7 Å². The molecule has 2 unspecified atom stereocenters. The van der Waals surface area contributed by atoms with Crippen LogP contribution in [0.3, 0.4) is 0 Å². The van der Waals surface area contributed by atoms with Crippen LogP contribution in [-0.2, 0) is 9.59 Å². The fourth-order valence-corrected chi connectivity index (χ4v) is 2.45. The number of carbonyl (C=O) groups excluding carboxylic acids is 3. The van der Waals surface area contributed by atoms with Crippen molar-refractivity contribution in [3.63, 3.8) is 0 Å². The van der Waals surface area contributed by atoms with Crippen molar-refractivity contribution in [1.82, 2.24) is 15.1 Å². The van der Waals surface area contributed by atoms with Crippen LogP contribution < -0.4 is 5.32 Å². The molecule has 0 spiro atoms. The molecule has 1 saturated heterocycles. The zero-order valence-electron chi connectivity index (χ0n) is 13.0. The second-order valence-electron chi connectivity index (χ2n) is 5.92. The van der Waals surface area contributed by atoms with E-state index < -0.39 is 17.9 Å². The van der Waals surface area contributed by atoms with Gasteiger partial charge in [0.15, 0.2) is 0 Å². The Kier molecular flexibility index (Phi) is 5.68. The zero-order chi connectivity index (χ0) is 15.4. The third-order valence-corrected chi connectivity index (χ3v) is 3.53. The molecule has 1 heterocycles. The summed E-state index contributed by atoms with van der Waals surface area (Å²) in [5, 5.41) is 2.31. The quantitative estimate of drug-likeness (QED) is 0.740. The highest BCUT2D eigenvalue weighted by atomic mass is 16.2. The van der Waals surface area contributed by atoms with E-state index in [1.807, 2.05) is 39.8 Å². The second-order valence-corrected chi connectivity index (χ2v) is 5.92. The number of barbiturate groups is 1. The van der Waals surface area contributed by atoms with Crippen molar-refractivity contribution < 1.29 is 14.4 Å². The van der Waals surface area contributed by atoms with Crippen molar-refractivity contribution in [3.8, 4) is 0 Å². The molecule has 4 amide bonds. The molecular weight excluding hydrogens is 258 g/mol. The van der Waals surface area contributed by atoms with E-state index in [9.17, 15) is 14.4 Å². The van der Waals surface area contributed by atoms with Crippen LogP contribution >= 0.6 is 0 Å². The smallest absolute Gasteiger partial charge is 0.307 e. The van der Waals surface area contributed by atoms with Gasteiger partial charge in [-0.25, -0.2) is 4.79 Å². The maximum Gasteiger partial charge on any atom is 0.331 e. The molecule has 20 heavy (non-hydrogen) atoms. The molecule has 1 aliphatic heterocycles. The van der Waals surface area contributed by atoms with Gasteiger partial charge in [-0.1, -0.05) is 27.2 Å². The average molecular weight is 283 g/mol. The molecule has 0 aromatic heterocycles. The van der Waals surface area contributed by atoms with Crippen molar-refractivity contribution in [2.45, 2.75) is 39.7 Å². The van der Waals surface area contributed by atoms with Gasteiger partial charge in [0.1, 0.15) is 5.92 Å². The van der Waals surface area contributed by atoms with Crippen LogP contribution in [0.2, 0.25) is 0 Å². The van der Waals surface area contributed by atoms with Crippen molar-refractivity contribution in [2.75, 3.05) is 20.6 Å². The predicted molar refractivity (Wildman–Crippen MR) is 76.0 cm³/mol. The van der Waals surface area contributed by atoms with Gasteiger partial charge in [-0.3, -0.25) is 19.8 Å². The number of nitrogens with one attached hydrogen (secondary N) is 1. The van der Waals surface area contributed by atoms with Gasteiger partial charge in [0.25, 0.3) is 0 Å². The highest BCUT2D eigenvalue weighted by molar-refractivity contribution is 6.16. The molecule has 6 nitrogen and oxygen atoms in total. The van der Waals surface area contributed by atoms with E-state index in [0.717, 1.165) is 6.42 Å². The fraction of sp³-hybridized carbons (Fsp3) is 0.786. The van der Waals surface area contributed by atoms with Gasteiger partial charge >= 0.3 is 6.03 Å². The summed E-state index contributed by atoms with van der Waals surface area (Å²) in [6.45, 7) is 6.45. The van der Waals surface area contributed by atoms with Gasteiger partial charge in [0, 0.05) is 6.54 Å². The molecule has 0 radical (unpaired) electrons. The molecule has 1 rings (SSSR count). The summed E-state index contributed by atoms with van der Waals surface area (Å²) in [5.41, 5.74) is 0. The number of rotatable bonds is 6. The SMILES string of the molecule is CCCC1C(=O)NC(=O)N(C(CN(C)C)C(C)C)C1=O. The molecule has 114 valence electrons. The number of carbonyl (C=O) groups is 3. The summed E-state index contributed by atoms with van der Waals surface area (Å²) in [6, 6.07) is -0.821. The summed E-state index contributed by atoms with van der Waals surface area (Å²) in [6.07, 6.45) is 1.20. The number of nitrogens with zero attached hydrogens (tertiary/aromatic N) is 2. The molecular formula is C14H25N3O3. The Bertz CT molecular complexity index is 393. The van der Waals surface area contributed by atoms with E-state index in [2.05, 4.69) is 5.32 Å². The Morgan fingerprint density at radius 1 is 1.25 bits per heavy atom. The Morgan fingerprint density at radius 2 is 1.85 bits per heavy atom. The van der Waals surface area contributed by atoms with E-state index >= 15 is 0 Å². The second kappa shape index (κ2) is 6.83. The van der Waals surface area contributed by atoms with Crippen LogP contribution in [0.1, 0.15) is 33.6 Å². The van der Waals surface area contributed by atoms with Crippen LogP contribution in [-0.4, -0.2) is 54.3 Å². The van der Waals surface area contributed by atoms with Crippen molar-refractivity contribution >= 4 is 17.8 Å². The molecule has 1 aliphatic rings. The first-order valence-electron chi connectivity index (χ1n) is 7.12. The molecule has 0 saturated carbocycles. The monoisotopic (exact) mass is 283 g/mol. The Balaban J connectivity index is 3.02. The minimum absolute atomic E-state index is 0.127. The third kappa shape index (κ3) is 3.56. The molecule has 0 aliphatic carbocycles. The van der Waals surface area contributed by atoms with Gasteiger partial charge in [-0.15, -0.1) is 0 Å².